The molecule has 3 rings (SSSR count). The summed E-state index contributed by atoms with van der Waals surface area (Å²) in [6, 6.07) is 7.80. The minimum absolute atomic E-state index is 0.216. The smallest absolute Gasteiger partial charge is 0.312 e. The van der Waals surface area contributed by atoms with E-state index in [0.717, 1.165) is 11.1 Å². The number of likely N-dealkylation sites (N-methyl/N-ethyl adjacent to an activating group) is 2. The van der Waals surface area contributed by atoms with Crippen LogP contribution in [0.2, 0.25) is 0 Å². The van der Waals surface area contributed by atoms with E-state index in [9.17, 15) is 19.2 Å². The number of hydrogen-bond donors (Lipinski definition) is 3. The Hall–Kier alpha value is -3.60. The molecule has 11 heteroatoms. The van der Waals surface area contributed by atoms with Crippen molar-refractivity contribution >= 4 is 17.6 Å². The van der Waals surface area contributed by atoms with Crippen LogP contribution < -0.4 is 17.0 Å². The average Bonchev–Trinajstić information content (AvgIpc) is 2.67. The molecular formula is C16H17N7O4. The van der Waals surface area contributed by atoms with Crippen LogP contribution in [0.1, 0.15) is 5.56 Å². The lowest BCUT2D eigenvalue weighted by atomic mass is 9.84. The minimum atomic E-state index is -1.76. The third kappa shape index (κ3) is 2.83. The van der Waals surface area contributed by atoms with Gasteiger partial charge < -0.3 is 15.6 Å². The van der Waals surface area contributed by atoms with Gasteiger partial charge in [0.2, 0.25) is 5.54 Å². The summed E-state index contributed by atoms with van der Waals surface area (Å²) in [6.07, 6.45) is -0.0949. The monoisotopic (exact) mass is 371 g/mol. The van der Waals surface area contributed by atoms with Crippen LogP contribution in [0.25, 0.3) is 0 Å². The van der Waals surface area contributed by atoms with Crippen LogP contribution >= 0.6 is 0 Å². The van der Waals surface area contributed by atoms with Crippen molar-refractivity contribution in [3.05, 3.63) is 62.9 Å². The quantitative estimate of drug-likeness (QED) is 0.639. The van der Waals surface area contributed by atoms with Crippen molar-refractivity contribution in [3.63, 3.8) is 0 Å². The lowest BCUT2D eigenvalue weighted by Crippen LogP contribution is -2.69. The molecule has 2 atom stereocenters. The molecule has 2 heterocycles. The fraction of sp³-hybridized carbons (Fsp3) is 0.250. The molecule has 0 aliphatic carbocycles. The van der Waals surface area contributed by atoms with Crippen LogP contribution in [0.4, 0.5) is 10.5 Å². The molecule has 2 unspecified atom stereocenters. The maximum atomic E-state index is 13.1. The molecule has 27 heavy (non-hydrogen) atoms. The third-order valence-electron chi connectivity index (χ3n) is 4.39. The number of imide groups is 1. The molecule has 3 amide bonds. The Morgan fingerprint density at radius 1 is 1.11 bits per heavy atom. The van der Waals surface area contributed by atoms with E-state index in [1.807, 2.05) is 4.98 Å². The number of rotatable bonds is 3. The van der Waals surface area contributed by atoms with E-state index in [-0.39, 0.29) is 5.69 Å². The molecule has 1 aliphatic rings. The van der Waals surface area contributed by atoms with Gasteiger partial charge in [-0.1, -0.05) is 30.3 Å². The van der Waals surface area contributed by atoms with Gasteiger partial charge in [-0.2, -0.15) is 5.11 Å². The Labute approximate surface area is 152 Å². The Balaban J connectivity index is 2.21. The number of aromatic amines is 2. The van der Waals surface area contributed by atoms with E-state index in [1.165, 1.54) is 19.0 Å². The van der Waals surface area contributed by atoms with Crippen LogP contribution in [0.5, 0.6) is 0 Å². The Morgan fingerprint density at radius 2 is 1.78 bits per heavy atom. The summed E-state index contributed by atoms with van der Waals surface area (Å²) in [6.45, 7) is 0. The zero-order valence-electron chi connectivity index (χ0n) is 14.5. The van der Waals surface area contributed by atoms with Crippen molar-refractivity contribution in [1.82, 2.24) is 19.8 Å². The highest BCUT2D eigenvalue weighted by Crippen LogP contribution is 2.36. The van der Waals surface area contributed by atoms with Gasteiger partial charge in [0.25, 0.3) is 11.5 Å². The van der Waals surface area contributed by atoms with E-state index >= 15 is 0 Å². The second-order valence-electron chi connectivity index (χ2n) is 5.99. The number of hydrogen-bond acceptors (Lipinski definition) is 7. The number of carbonyl (C=O) groups excluding carboxylic acids is 2. The van der Waals surface area contributed by atoms with E-state index < -0.39 is 34.9 Å². The van der Waals surface area contributed by atoms with Crippen molar-refractivity contribution in [2.75, 3.05) is 14.1 Å². The van der Waals surface area contributed by atoms with E-state index in [1.54, 1.807) is 30.3 Å². The first-order valence-corrected chi connectivity index (χ1v) is 7.90. The normalized spacial score (nSPS) is 23.3. The van der Waals surface area contributed by atoms with Crippen molar-refractivity contribution in [3.8, 4) is 0 Å². The van der Waals surface area contributed by atoms with Gasteiger partial charge >= 0.3 is 11.7 Å². The van der Waals surface area contributed by atoms with Crippen molar-refractivity contribution in [1.29, 1.82) is 0 Å². The predicted molar refractivity (Wildman–Crippen MR) is 94.2 cm³/mol. The number of aromatic nitrogens is 2. The number of azo groups is 1. The number of carbonyl (C=O) groups is 2. The molecule has 2 aromatic rings. The van der Waals surface area contributed by atoms with E-state index in [0.29, 0.717) is 5.56 Å². The zero-order valence-corrected chi connectivity index (χ0v) is 14.5. The lowest BCUT2D eigenvalue weighted by Gasteiger charge is -2.45. The number of nitrogens with two attached hydrogens (primary N) is 1. The maximum Gasteiger partial charge on any atom is 0.327 e. The molecule has 0 bridgehead atoms. The molecule has 0 saturated carbocycles. The molecule has 1 aromatic carbocycles. The molecular weight excluding hydrogens is 354 g/mol. The van der Waals surface area contributed by atoms with Crippen LogP contribution in [0.3, 0.4) is 0 Å². The topological polar surface area (TPSA) is 157 Å². The Kier molecular flexibility index (Phi) is 4.45. The zero-order chi connectivity index (χ0) is 19.8. The van der Waals surface area contributed by atoms with Gasteiger partial charge in [0.1, 0.15) is 6.17 Å². The fourth-order valence-corrected chi connectivity index (χ4v) is 2.86. The largest absolute Gasteiger partial charge is 0.327 e. The molecule has 1 fully saturated rings. The molecule has 1 aromatic heterocycles. The molecule has 1 aliphatic heterocycles. The third-order valence-corrected chi connectivity index (χ3v) is 4.39. The summed E-state index contributed by atoms with van der Waals surface area (Å²) in [7, 11) is 2.75. The molecule has 0 radical (unpaired) electrons. The van der Waals surface area contributed by atoms with Gasteiger partial charge in [-0.15, -0.1) is 5.11 Å². The van der Waals surface area contributed by atoms with Gasteiger partial charge in [0, 0.05) is 20.3 Å². The van der Waals surface area contributed by atoms with E-state index in [4.69, 9.17) is 5.73 Å². The molecule has 0 spiro atoms. The second-order valence-corrected chi connectivity index (χ2v) is 5.99. The molecule has 1 saturated heterocycles. The maximum absolute atomic E-state index is 13.1. The molecule has 4 N–H and O–H groups in total. The first kappa shape index (κ1) is 18.2. The first-order chi connectivity index (χ1) is 12.8. The summed E-state index contributed by atoms with van der Waals surface area (Å²) in [5.41, 5.74) is 3.16. The summed E-state index contributed by atoms with van der Waals surface area (Å²) >= 11 is 0. The molecule has 11 nitrogen and oxygen atoms in total. The van der Waals surface area contributed by atoms with Crippen molar-refractivity contribution in [2.24, 2.45) is 16.0 Å². The van der Waals surface area contributed by atoms with Gasteiger partial charge in [-0.3, -0.25) is 19.5 Å². The average molecular weight is 371 g/mol. The summed E-state index contributed by atoms with van der Waals surface area (Å²) in [5, 5.41) is 7.98. The van der Waals surface area contributed by atoms with Crippen LogP contribution in [-0.4, -0.2) is 52.0 Å². The number of urea groups is 1. The summed E-state index contributed by atoms with van der Waals surface area (Å²) in [4.78, 5) is 54.7. The van der Waals surface area contributed by atoms with Gasteiger partial charge in [-0.05, 0) is 5.56 Å². The number of benzene rings is 1. The highest BCUT2D eigenvalue weighted by Gasteiger charge is 2.56. The van der Waals surface area contributed by atoms with Crippen LogP contribution in [0, 0.1) is 0 Å². The number of H-pyrrole nitrogens is 2. The Morgan fingerprint density at radius 3 is 2.41 bits per heavy atom. The standard InChI is InChI=1S/C16H17N7O4/c1-22-12(17)16(9-6-4-3-5-7-9,13(25)23(2)15(22)27)21-20-10-8-18-14(26)19-11(10)24/h3-8,12H,17H2,1-2H3,(H2,18,19,24,26). The van der Waals surface area contributed by atoms with E-state index in [2.05, 4.69) is 15.2 Å². The van der Waals surface area contributed by atoms with Crippen LogP contribution in [0.15, 0.2) is 56.3 Å². The highest BCUT2D eigenvalue weighted by molar-refractivity contribution is 6.03. The Bertz CT molecular complexity index is 1030. The number of nitrogens with zero attached hydrogens (tertiary/aromatic N) is 4. The van der Waals surface area contributed by atoms with Crippen LogP contribution in [-0.2, 0) is 10.3 Å². The lowest BCUT2D eigenvalue weighted by molar-refractivity contribution is -0.139. The fourth-order valence-electron chi connectivity index (χ4n) is 2.86. The minimum Gasteiger partial charge on any atom is -0.312 e. The second kappa shape index (κ2) is 6.61. The number of nitrogens with one attached hydrogen (secondary N) is 2. The first-order valence-electron chi connectivity index (χ1n) is 7.90. The number of amides is 3. The van der Waals surface area contributed by atoms with Crippen molar-refractivity contribution < 1.29 is 9.59 Å². The summed E-state index contributed by atoms with van der Waals surface area (Å²) < 4.78 is 0. The SMILES string of the molecule is CN1C(=O)N(C)C(N)C(N=Nc2c[nH]c(=O)[nH]c2=O)(c2ccccc2)C1=O. The van der Waals surface area contributed by atoms with Gasteiger partial charge in [-0.25, -0.2) is 9.59 Å². The predicted octanol–water partition coefficient (Wildman–Crippen LogP) is -0.149. The van der Waals surface area contributed by atoms with Gasteiger partial charge in [0.15, 0.2) is 5.69 Å². The molecule has 140 valence electrons. The highest BCUT2D eigenvalue weighted by atomic mass is 16.2. The summed E-state index contributed by atoms with van der Waals surface area (Å²) in [5.74, 6) is -0.686. The van der Waals surface area contributed by atoms with Gasteiger partial charge in [0.05, 0.1) is 0 Å². The van der Waals surface area contributed by atoms with Crippen molar-refractivity contribution in [2.45, 2.75) is 11.7 Å².